The third-order valence-electron chi connectivity index (χ3n) is 1.83. The fourth-order valence-corrected chi connectivity index (χ4v) is 1.72. The van der Waals surface area contributed by atoms with Crippen LogP contribution in [0.2, 0.25) is 0 Å². The van der Waals surface area contributed by atoms with Crippen LogP contribution in [0.1, 0.15) is 32.1 Å². The Labute approximate surface area is 86.7 Å². The average molecular weight is 247 g/mol. The van der Waals surface area contributed by atoms with Gasteiger partial charge in [0.05, 0.1) is 6.04 Å². The summed E-state index contributed by atoms with van der Waals surface area (Å²) in [4.78, 5) is 4.21. The van der Waals surface area contributed by atoms with E-state index in [0.717, 1.165) is 12.2 Å². The van der Waals surface area contributed by atoms with Gasteiger partial charge in [0.1, 0.15) is 5.82 Å². The van der Waals surface area contributed by atoms with Gasteiger partial charge in [-0.05, 0) is 28.3 Å². The standard InChI is InChI=1S/C8H15BrN4/c1-5(2)4-6(10)7-11-8(9)12-13(7)3/h5-6H,4,10H2,1-3H3/t6-/m1/s1. The number of hydrogen-bond donors (Lipinski definition) is 1. The van der Waals surface area contributed by atoms with E-state index in [9.17, 15) is 0 Å². The lowest BCUT2D eigenvalue weighted by Gasteiger charge is -2.12. The van der Waals surface area contributed by atoms with Gasteiger partial charge < -0.3 is 5.73 Å². The largest absolute Gasteiger partial charge is 0.321 e. The fraction of sp³-hybridized carbons (Fsp3) is 0.750. The summed E-state index contributed by atoms with van der Waals surface area (Å²) < 4.78 is 2.32. The number of nitrogens with zero attached hydrogens (tertiary/aromatic N) is 3. The molecule has 5 heteroatoms. The molecule has 74 valence electrons. The van der Waals surface area contributed by atoms with E-state index in [1.807, 2.05) is 7.05 Å². The summed E-state index contributed by atoms with van der Waals surface area (Å²) in [7, 11) is 1.85. The maximum Gasteiger partial charge on any atom is 0.217 e. The topological polar surface area (TPSA) is 56.7 Å². The quantitative estimate of drug-likeness (QED) is 0.883. The minimum absolute atomic E-state index is 0.0243. The first-order chi connectivity index (χ1) is 6.00. The predicted octanol–water partition coefficient (Wildman–Crippen LogP) is 1.62. The Balaban J connectivity index is 2.76. The summed E-state index contributed by atoms with van der Waals surface area (Å²) in [5.74, 6) is 1.41. The first-order valence-electron chi connectivity index (χ1n) is 4.32. The van der Waals surface area contributed by atoms with Gasteiger partial charge in [-0.3, -0.25) is 4.68 Å². The van der Waals surface area contributed by atoms with Crippen LogP contribution in [0.25, 0.3) is 0 Å². The van der Waals surface area contributed by atoms with Crippen LogP contribution in [-0.4, -0.2) is 14.8 Å². The highest BCUT2D eigenvalue weighted by Crippen LogP contribution is 2.17. The zero-order valence-corrected chi connectivity index (χ0v) is 9.74. The van der Waals surface area contributed by atoms with Gasteiger partial charge in [0, 0.05) is 7.05 Å². The second-order valence-electron chi connectivity index (χ2n) is 3.60. The lowest BCUT2D eigenvalue weighted by atomic mass is 10.0. The summed E-state index contributed by atoms with van der Waals surface area (Å²) in [5, 5.41) is 4.08. The highest BCUT2D eigenvalue weighted by atomic mass is 79.9. The van der Waals surface area contributed by atoms with E-state index in [0.29, 0.717) is 10.7 Å². The van der Waals surface area contributed by atoms with Crippen LogP contribution in [-0.2, 0) is 7.05 Å². The van der Waals surface area contributed by atoms with Crippen molar-refractivity contribution in [3.63, 3.8) is 0 Å². The molecule has 13 heavy (non-hydrogen) atoms. The molecule has 0 amide bonds. The number of aromatic nitrogens is 3. The van der Waals surface area contributed by atoms with Crippen molar-refractivity contribution in [3.8, 4) is 0 Å². The van der Waals surface area contributed by atoms with E-state index in [-0.39, 0.29) is 6.04 Å². The van der Waals surface area contributed by atoms with Crippen molar-refractivity contribution in [2.45, 2.75) is 26.3 Å². The Bertz CT molecular complexity index is 282. The number of halogens is 1. The Morgan fingerprint density at radius 3 is 2.54 bits per heavy atom. The second-order valence-corrected chi connectivity index (χ2v) is 4.31. The van der Waals surface area contributed by atoms with E-state index in [2.05, 4.69) is 39.9 Å². The van der Waals surface area contributed by atoms with Crippen molar-refractivity contribution in [1.29, 1.82) is 0 Å². The Morgan fingerprint density at radius 1 is 1.54 bits per heavy atom. The summed E-state index contributed by atoms with van der Waals surface area (Å²) in [6.07, 6.45) is 0.930. The second kappa shape index (κ2) is 4.19. The van der Waals surface area contributed by atoms with Gasteiger partial charge in [0.15, 0.2) is 0 Å². The molecule has 1 rings (SSSR count). The van der Waals surface area contributed by atoms with Crippen LogP contribution >= 0.6 is 15.9 Å². The Morgan fingerprint density at radius 2 is 2.15 bits per heavy atom. The van der Waals surface area contributed by atoms with E-state index in [1.165, 1.54) is 0 Å². The van der Waals surface area contributed by atoms with E-state index in [4.69, 9.17) is 5.73 Å². The molecule has 0 saturated heterocycles. The molecule has 1 aromatic heterocycles. The van der Waals surface area contributed by atoms with Crippen molar-refractivity contribution in [1.82, 2.24) is 14.8 Å². The summed E-state index contributed by atoms with van der Waals surface area (Å²) >= 11 is 3.22. The Kier molecular flexibility index (Phi) is 3.44. The van der Waals surface area contributed by atoms with Crippen molar-refractivity contribution < 1.29 is 0 Å². The molecule has 0 unspecified atom stereocenters. The van der Waals surface area contributed by atoms with Crippen molar-refractivity contribution in [3.05, 3.63) is 10.6 Å². The maximum absolute atomic E-state index is 5.97. The molecule has 4 nitrogen and oxygen atoms in total. The van der Waals surface area contributed by atoms with Crippen molar-refractivity contribution in [2.75, 3.05) is 0 Å². The minimum atomic E-state index is -0.0243. The highest BCUT2D eigenvalue weighted by Gasteiger charge is 2.14. The normalized spacial score (nSPS) is 13.7. The van der Waals surface area contributed by atoms with Gasteiger partial charge in [-0.2, -0.15) is 0 Å². The molecule has 0 bridgehead atoms. The molecular weight excluding hydrogens is 232 g/mol. The van der Waals surface area contributed by atoms with Crippen LogP contribution in [0.5, 0.6) is 0 Å². The third-order valence-corrected chi connectivity index (χ3v) is 2.16. The molecule has 0 aromatic carbocycles. The van der Waals surface area contributed by atoms with Crippen molar-refractivity contribution >= 4 is 15.9 Å². The van der Waals surface area contributed by atoms with E-state index >= 15 is 0 Å². The first kappa shape index (κ1) is 10.7. The van der Waals surface area contributed by atoms with Gasteiger partial charge in [0.2, 0.25) is 4.73 Å². The number of rotatable bonds is 3. The van der Waals surface area contributed by atoms with Crippen LogP contribution in [0, 0.1) is 5.92 Å². The molecule has 1 aromatic rings. The predicted molar refractivity (Wildman–Crippen MR) is 55.1 cm³/mol. The molecule has 0 aliphatic rings. The fourth-order valence-electron chi connectivity index (χ4n) is 1.30. The summed E-state index contributed by atoms with van der Waals surface area (Å²) in [6, 6.07) is -0.0243. The number of aryl methyl sites for hydroxylation is 1. The molecule has 2 N–H and O–H groups in total. The molecule has 0 aliphatic carbocycles. The zero-order valence-electron chi connectivity index (χ0n) is 8.16. The SMILES string of the molecule is CC(C)C[C@@H](N)c1nc(Br)nn1C. The van der Waals surface area contributed by atoms with Gasteiger partial charge >= 0.3 is 0 Å². The lowest BCUT2D eigenvalue weighted by Crippen LogP contribution is -2.17. The van der Waals surface area contributed by atoms with Crippen LogP contribution in [0.15, 0.2) is 4.73 Å². The molecular formula is C8H15BrN4. The molecule has 1 heterocycles. The monoisotopic (exact) mass is 246 g/mol. The van der Waals surface area contributed by atoms with E-state index < -0.39 is 0 Å². The highest BCUT2D eigenvalue weighted by molar-refractivity contribution is 9.10. The third kappa shape index (κ3) is 2.77. The summed E-state index contributed by atoms with van der Waals surface area (Å²) in [6.45, 7) is 4.29. The van der Waals surface area contributed by atoms with Gasteiger partial charge in [-0.15, -0.1) is 5.10 Å². The molecule has 0 fully saturated rings. The number of nitrogens with two attached hydrogens (primary N) is 1. The average Bonchev–Trinajstić information content (AvgIpc) is 2.28. The molecule has 1 atom stereocenters. The lowest BCUT2D eigenvalue weighted by molar-refractivity contribution is 0.477. The molecule has 0 aliphatic heterocycles. The number of hydrogen-bond acceptors (Lipinski definition) is 3. The van der Waals surface area contributed by atoms with Gasteiger partial charge in [0.25, 0.3) is 0 Å². The zero-order chi connectivity index (χ0) is 10.0. The molecule has 0 radical (unpaired) electrons. The van der Waals surface area contributed by atoms with Crippen LogP contribution < -0.4 is 5.73 Å². The van der Waals surface area contributed by atoms with Gasteiger partial charge in [-0.25, -0.2) is 4.98 Å². The molecule has 0 saturated carbocycles. The van der Waals surface area contributed by atoms with Crippen LogP contribution in [0.3, 0.4) is 0 Å². The summed E-state index contributed by atoms with van der Waals surface area (Å²) in [5.41, 5.74) is 5.97. The van der Waals surface area contributed by atoms with Gasteiger partial charge in [-0.1, -0.05) is 13.8 Å². The first-order valence-corrected chi connectivity index (χ1v) is 5.12. The van der Waals surface area contributed by atoms with E-state index in [1.54, 1.807) is 4.68 Å². The molecule has 0 spiro atoms. The van der Waals surface area contributed by atoms with Crippen molar-refractivity contribution in [2.24, 2.45) is 18.7 Å². The minimum Gasteiger partial charge on any atom is -0.321 e. The maximum atomic E-state index is 5.97. The van der Waals surface area contributed by atoms with Crippen LogP contribution in [0.4, 0.5) is 0 Å². The smallest absolute Gasteiger partial charge is 0.217 e. The Hall–Kier alpha value is -0.420.